The number of carbonyl (C=O) groups excluding carboxylic acids is 2. The lowest BCUT2D eigenvalue weighted by Crippen LogP contribution is -2.45. The molecule has 6 heteroatoms. The van der Waals surface area contributed by atoms with E-state index in [1.54, 1.807) is 17.0 Å². The molecular weight excluding hydrogens is 338 g/mol. The minimum absolute atomic E-state index is 0.166. The van der Waals surface area contributed by atoms with Crippen LogP contribution in [0.2, 0.25) is 5.02 Å². The number of para-hydroxylation sites is 1. The number of benzene rings is 2. The van der Waals surface area contributed by atoms with Crippen molar-refractivity contribution in [1.82, 2.24) is 4.90 Å². The molecule has 0 aromatic heterocycles. The van der Waals surface area contributed by atoms with Crippen LogP contribution in [0.1, 0.15) is 18.4 Å². The highest BCUT2D eigenvalue weighted by atomic mass is 35.5. The van der Waals surface area contributed by atoms with Crippen LogP contribution in [-0.4, -0.2) is 29.4 Å². The molecule has 3 amide bonds. The van der Waals surface area contributed by atoms with Gasteiger partial charge in [0.05, 0.1) is 0 Å². The minimum Gasteiger partial charge on any atom is -0.324 e. The van der Waals surface area contributed by atoms with E-state index >= 15 is 0 Å². The van der Waals surface area contributed by atoms with E-state index in [0.717, 1.165) is 17.7 Å². The summed E-state index contributed by atoms with van der Waals surface area (Å²) in [5.74, 6) is -0.166. The van der Waals surface area contributed by atoms with Gasteiger partial charge in [0.25, 0.3) is 0 Å². The summed E-state index contributed by atoms with van der Waals surface area (Å²) < 4.78 is 0. The van der Waals surface area contributed by atoms with Gasteiger partial charge in [-0.3, -0.25) is 4.79 Å². The fraction of sp³-hybridized carbons (Fsp3) is 0.263. The lowest BCUT2D eigenvalue weighted by atomic mass is 10.2. The molecule has 0 aliphatic carbocycles. The fourth-order valence-electron chi connectivity index (χ4n) is 2.90. The lowest BCUT2D eigenvalue weighted by molar-refractivity contribution is -0.119. The Morgan fingerprint density at radius 1 is 1.08 bits per heavy atom. The number of nitrogens with one attached hydrogen (secondary N) is 2. The summed E-state index contributed by atoms with van der Waals surface area (Å²) in [5.41, 5.74) is 2.29. The maximum Gasteiger partial charge on any atom is 0.322 e. The summed E-state index contributed by atoms with van der Waals surface area (Å²) >= 11 is 6.10. The van der Waals surface area contributed by atoms with Gasteiger partial charge in [0.15, 0.2) is 0 Å². The monoisotopic (exact) mass is 357 g/mol. The maximum atomic E-state index is 12.6. The molecule has 25 heavy (non-hydrogen) atoms. The molecule has 2 aromatic carbocycles. The Morgan fingerprint density at radius 2 is 1.84 bits per heavy atom. The van der Waals surface area contributed by atoms with Crippen molar-refractivity contribution < 1.29 is 9.59 Å². The Morgan fingerprint density at radius 3 is 2.56 bits per heavy atom. The zero-order valence-corrected chi connectivity index (χ0v) is 14.7. The molecule has 3 rings (SSSR count). The number of halogens is 1. The molecule has 0 saturated carbocycles. The zero-order chi connectivity index (χ0) is 17.8. The topological polar surface area (TPSA) is 61.4 Å². The van der Waals surface area contributed by atoms with Gasteiger partial charge < -0.3 is 15.5 Å². The van der Waals surface area contributed by atoms with Crippen LogP contribution in [0.4, 0.5) is 16.2 Å². The Hall–Kier alpha value is -2.53. The van der Waals surface area contributed by atoms with E-state index in [-0.39, 0.29) is 11.9 Å². The highest BCUT2D eigenvalue weighted by molar-refractivity contribution is 6.31. The number of likely N-dealkylation sites (tertiary alicyclic amines) is 1. The van der Waals surface area contributed by atoms with E-state index in [1.165, 1.54) is 0 Å². The van der Waals surface area contributed by atoms with Crippen LogP contribution < -0.4 is 10.6 Å². The number of anilines is 2. The molecule has 1 heterocycles. The SMILES string of the molecule is Cc1ccc(NC(=O)N2CCC[C@@H]2C(=O)Nc2ccccc2)cc1Cl. The molecule has 1 saturated heterocycles. The lowest BCUT2D eigenvalue weighted by Gasteiger charge is -2.24. The standard InChI is InChI=1S/C19H20ClN3O2/c1-13-9-10-15(12-16(13)20)22-19(25)23-11-5-8-17(23)18(24)21-14-6-3-2-4-7-14/h2-4,6-7,9-10,12,17H,5,8,11H2,1H3,(H,21,24)(H,22,25)/t17-/m1/s1. The molecular formula is C19H20ClN3O2. The first-order valence-electron chi connectivity index (χ1n) is 8.24. The average Bonchev–Trinajstić information content (AvgIpc) is 3.09. The number of carbonyl (C=O) groups is 2. The quantitative estimate of drug-likeness (QED) is 0.861. The smallest absolute Gasteiger partial charge is 0.322 e. The van der Waals surface area contributed by atoms with Crippen LogP contribution in [0.3, 0.4) is 0 Å². The third-order valence-corrected chi connectivity index (χ3v) is 4.69. The molecule has 1 aliphatic heterocycles. The Labute approximate surface area is 152 Å². The predicted molar refractivity (Wildman–Crippen MR) is 100 cm³/mol. The van der Waals surface area contributed by atoms with E-state index in [4.69, 9.17) is 11.6 Å². The second-order valence-electron chi connectivity index (χ2n) is 6.10. The summed E-state index contributed by atoms with van der Waals surface area (Å²) in [5, 5.41) is 6.29. The van der Waals surface area contributed by atoms with Gasteiger partial charge in [0, 0.05) is 22.9 Å². The van der Waals surface area contributed by atoms with Crippen LogP contribution in [0.25, 0.3) is 0 Å². The largest absolute Gasteiger partial charge is 0.324 e. The molecule has 1 atom stereocenters. The van der Waals surface area contributed by atoms with Gasteiger partial charge in [-0.1, -0.05) is 35.9 Å². The first-order chi connectivity index (χ1) is 12.0. The van der Waals surface area contributed by atoms with Gasteiger partial charge in [-0.15, -0.1) is 0 Å². The van der Waals surface area contributed by atoms with Crippen molar-refractivity contribution in [2.24, 2.45) is 0 Å². The van der Waals surface area contributed by atoms with Crippen LogP contribution in [0.5, 0.6) is 0 Å². The third-order valence-electron chi connectivity index (χ3n) is 4.28. The molecule has 0 spiro atoms. The number of amides is 3. The van der Waals surface area contributed by atoms with E-state index in [1.807, 2.05) is 43.3 Å². The van der Waals surface area contributed by atoms with Crippen molar-refractivity contribution in [1.29, 1.82) is 0 Å². The van der Waals surface area contributed by atoms with Crippen molar-refractivity contribution in [3.8, 4) is 0 Å². The second-order valence-corrected chi connectivity index (χ2v) is 6.51. The predicted octanol–water partition coefficient (Wildman–Crippen LogP) is 4.28. The van der Waals surface area contributed by atoms with Crippen LogP contribution >= 0.6 is 11.6 Å². The molecule has 2 N–H and O–H groups in total. The first-order valence-corrected chi connectivity index (χ1v) is 8.62. The molecule has 5 nitrogen and oxygen atoms in total. The van der Waals surface area contributed by atoms with Gasteiger partial charge in [-0.05, 0) is 49.6 Å². The molecule has 1 fully saturated rings. The Bertz CT molecular complexity index is 779. The van der Waals surface area contributed by atoms with E-state index in [9.17, 15) is 9.59 Å². The summed E-state index contributed by atoms with van der Waals surface area (Å²) in [7, 11) is 0. The summed E-state index contributed by atoms with van der Waals surface area (Å²) in [6.07, 6.45) is 1.45. The molecule has 130 valence electrons. The number of hydrogen-bond donors (Lipinski definition) is 2. The fourth-order valence-corrected chi connectivity index (χ4v) is 3.08. The van der Waals surface area contributed by atoms with Crippen LogP contribution in [-0.2, 0) is 4.79 Å². The Balaban J connectivity index is 1.66. The van der Waals surface area contributed by atoms with Gasteiger partial charge in [-0.2, -0.15) is 0 Å². The van der Waals surface area contributed by atoms with Crippen LogP contribution in [0.15, 0.2) is 48.5 Å². The second kappa shape index (κ2) is 7.57. The summed E-state index contributed by atoms with van der Waals surface area (Å²) in [6, 6.07) is 13.9. The van der Waals surface area contributed by atoms with Gasteiger partial charge in [-0.25, -0.2) is 4.79 Å². The number of nitrogens with zero attached hydrogens (tertiary/aromatic N) is 1. The minimum atomic E-state index is -0.471. The van der Waals surface area contributed by atoms with E-state index < -0.39 is 6.04 Å². The van der Waals surface area contributed by atoms with Crippen molar-refractivity contribution in [3.63, 3.8) is 0 Å². The van der Waals surface area contributed by atoms with Gasteiger partial charge >= 0.3 is 6.03 Å². The molecule has 0 unspecified atom stereocenters. The summed E-state index contributed by atoms with van der Waals surface area (Å²) in [4.78, 5) is 26.7. The number of hydrogen-bond acceptors (Lipinski definition) is 2. The van der Waals surface area contributed by atoms with E-state index in [0.29, 0.717) is 23.7 Å². The van der Waals surface area contributed by atoms with Gasteiger partial charge in [0.2, 0.25) is 5.91 Å². The molecule has 1 aliphatic rings. The van der Waals surface area contributed by atoms with Crippen molar-refractivity contribution >= 4 is 34.9 Å². The number of rotatable bonds is 3. The van der Waals surface area contributed by atoms with Crippen molar-refractivity contribution in [3.05, 3.63) is 59.1 Å². The van der Waals surface area contributed by atoms with Gasteiger partial charge in [0.1, 0.15) is 6.04 Å². The zero-order valence-electron chi connectivity index (χ0n) is 14.0. The Kier molecular flexibility index (Phi) is 5.24. The number of aryl methyl sites for hydroxylation is 1. The highest BCUT2D eigenvalue weighted by Crippen LogP contribution is 2.23. The maximum absolute atomic E-state index is 12.6. The first kappa shape index (κ1) is 17.3. The molecule has 0 radical (unpaired) electrons. The third kappa shape index (κ3) is 4.12. The van der Waals surface area contributed by atoms with E-state index in [2.05, 4.69) is 10.6 Å². The van der Waals surface area contributed by atoms with Crippen LogP contribution in [0, 0.1) is 6.92 Å². The highest BCUT2D eigenvalue weighted by Gasteiger charge is 2.34. The average molecular weight is 358 g/mol. The number of urea groups is 1. The molecule has 0 bridgehead atoms. The normalized spacial score (nSPS) is 16.6. The summed E-state index contributed by atoms with van der Waals surface area (Å²) in [6.45, 7) is 2.46. The molecule has 2 aromatic rings. The van der Waals surface area contributed by atoms with Crippen molar-refractivity contribution in [2.45, 2.75) is 25.8 Å². The van der Waals surface area contributed by atoms with Crippen molar-refractivity contribution in [2.75, 3.05) is 17.2 Å².